The van der Waals surface area contributed by atoms with E-state index in [1.165, 1.54) is 16.7 Å². The molecule has 0 fully saturated rings. The molecule has 0 heterocycles. The van der Waals surface area contributed by atoms with Gasteiger partial charge in [-0.1, -0.05) is 146 Å². The van der Waals surface area contributed by atoms with E-state index in [2.05, 4.69) is 84.9 Å². The molecule has 0 aliphatic carbocycles. The molecule has 5 rings (SSSR count). The molecule has 0 N–H and O–H groups in total. The number of hydrogen-bond acceptors (Lipinski definition) is 1. The molecule has 0 bridgehead atoms. The molecule has 0 saturated carbocycles. The van der Waals surface area contributed by atoms with Crippen molar-refractivity contribution in [3.63, 3.8) is 0 Å². The highest BCUT2D eigenvalue weighted by Gasteiger charge is 2.08. The highest BCUT2D eigenvalue weighted by molar-refractivity contribution is 6.09. The lowest BCUT2D eigenvalue weighted by Crippen LogP contribution is -2.00. The van der Waals surface area contributed by atoms with E-state index in [0.29, 0.717) is 11.1 Å². The van der Waals surface area contributed by atoms with E-state index in [1.807, 2.05) is 60.7 Å². The number of rotatable bonds is 6. The summed E-state index contributed by atoms with van der Waals surface area (Å²) < 4.78 is 0. The predicted molar refractivity (Wildman–Crippen MR) is 143 cm³/mol. The zero-order chi connectivity index (χ0) is 23.2. The van der Waals surface area contributed by atoms with Gasteiger partial charge in [-0.05, 0) is 33.4 Å². The number of carbonyl (C=O) groups is 1. The van der Waals surface area contributed by atoms with Gasteiger partial charge < -0.3 is 0 Å². The molecule has 0 aromatic heterocycles. The molecule has 0 amide bonds. The largest absolute Gasteiger partial charge is 0.289 e. The molecule has 0 radical (unpaired) electrons. The van der Waals surface area contributed by atoms with E-state index < -0.39 is 0 Å². The zero-order valence-electron chi connectivity index (χ0n) is 18.8. The number of benzene rings is 5. The molecular weight excluding hydrogens is 412 g/mol. The molecule has 162 valence electrons. The number of carbonyl (C=O) groups excluding carboxylic acids is 1. The summed E-state index contributed by atoms with van der Waals surface area (Å²) in [7, 11) is 0. The average Bonchev–Trinajstić information content (AvgIpc) is 2.93. The van der Waals surface area contributed by atoms with E-state index in [1.54, 1.807) is 0 Å². The van der Waals surface area contributed by atoms with E-state index in [9.17, 15) is 4.79 Å². The van der Waals surface area contributed by atoms with Crippen LogP contribution in [0.25, 0.3) is 34.4 Å². The van der Waals surface area contributed by atoms with Crippen LogP contribution in [0.5, 0.6) is 0 Å². The molecular formula is C33H24O. The smallest absolute Gasteiger partial charge is 0.193 e. The third kappa shape index (κ3) is 4.95. The minimum absolute atomic E-state index is 0.0458. The quantitative estimate of drug-likeness (QED) is 0.193. The fourth-order valence-electron chi connectivity index (χ4n) is 3.97. The van der Waals surface area contributed by atoms with Crippen LogP contribution in [-0.2, 0) is 0 Å². The first-order valence-electron chi connectivity index (χ1n) is 11.4. The third-order valence-electron chi connectivity index (χ3n) is 5.91. The molecule has 0 saturated heterocycles. The molecule has 0 aliphatic heterocycles. The van der Waals surface area contributed by atoms with Gasteiger partial charge in [0.2, 0.25) is 0 Å². The van der Waals surface area contributed by atoms with Crippen molar-refractivity contribution in [2.75, 3.05) is 0 Å². The second-order valence-corrected chi connectivity index (χ2v) is 8.22. The first-order valence-corrected chi connectivity index (χ1v) is 11.4. The second kappa shape index (κ2) is 9.97. The Balaban J connectivity index is 1.26. The predicted octanol–water partition coefficient (Wildman–Crippen LogP) is 8.42. The maximum Gasteiger partial charge on any atom is 0.193 e. The van der Waals surface area contributed by atoms with Gasteiger partial charge in [-0.3, -0.25) is 4.79 Å². The Morgan fingerprint density at radius 3 is 1.21 bits per heavy atom. The van der Waals surface area contributed by atoms with Gasteiger partial charge in [-0.15, -0.1) is 0 Å². The molecule has 0 unspecified atom stereocenters. The van der Waals surface area contributed by atoms with Gasteiger partial charge in [0.25, 0.3) is 0 Å². The summed E-state index contributed by atoms with van der Waals surface area (Å²) >= 11 is 0. The van der Waals surface area contributed by atoms with E-state index in [0.717, 1.165) is 16.7 Å². The summed E-state index contributed by atoms with van der Waals surface area (Å²) in [6, 6.07) is 44.7. The molecule has 5 aromatic carbocycles. The Morgan fingerprint density at radius 2 is 0.735 bits per heavy atom. The lowest BCUT2D eigenvalue weighted by atomic mass is 9.98. The third-order valence-corrected chi connectivity index (χ3v) is 5.91. The topological polar surface area (TPSA) is 17.1 Å². The van der Waals surface area contributed by atoms with Crippen LogP contribution in [0.3, 0.4) is 0 Å². The molecule has 34 heavy (non-hydrogen) atoms. The molecule has 0 atom stereocenters. The van der Waals surface area contributed by atoms with Crippen molar-refractivity contribution < 1.29 is 4.79 Å². The van der Waals surface area contributed by atoms with Gasteiger partial charge >= 0.3 is 0 Å². The zero-order valence-corrected chi connectivity index (χ0v) is 18.8. The second-order valence-electron chi connectivity index (χ2n) is 8.22. The number of hydrogen-bond donors (Lipinski definition) is 0. The van der Waals surface area contributed by atoms with Crippen LogP contribution in [-0.4, -0.2) is 5.78 Å². The summed E-state index contributed by atoms with van der Waals surface area (Å²) in [5.41, 5.74) is 8.40. The number of ketones is 1. The van der Waals surface area contributed by atoms with Crippen LogP contribution in [0.4, 0.5) is 0 Å². The lowest BCUT2D eigenvalue weighted by molar-refractivity contribution is 0.103. The Labute approximate surface area is 200 Å². The van der Waals surface area contributed by atoms with Crippen LogP contribution in [0.1, 0.15) is 27.0 Å². The monoisotopic (exact) mass is 436 g/mol. The Hall–Kier alpha value is -4.49. The summed E-state index contributed by atoms with van der Waals surface area (Å²) in [4.78, 5) is 12.6. The van der Waals surface area contributed by atoms with Crippen LogP contribution in [0.2, 0.25) is 0 Å². The molecule has 1 nitrogen and oxygen atoms in total. The van der Waals surface area contributed by atoms with Crippen molar-refractivity contribution in [1.82, 2.24) is 0 Å². The van der Waals surface area contributed by atoms with Crippen molar-refractivity contribution in [3.8, 4) is 22.3 Å². The average molecular weight is 437 g/mol. The first-order chi connectivity index (χ1) is 16.8. The van der Waals surface area contributed by atoms with Crippen LogP contribution < -0.4 is 0 Å². The fraction of sp³-hybridized carbons (Fsp3) is 0. The van der Waals surface area contributed by atoms with E-state index in [-0.39, 0.29) is 5.78 Å². The molecule has 5 aromatic rings. The Bertz CT molecular complexity index is 1390. The van der Waals surface area contributed by atoms with Crippen LogP contribution >= 0.6 is 0 Å². The lowest BCUT2D eigenvalue weighted by Gasteiger charge is -2.05. The van der Waals surface area contributed by atoms with Crippen molar-refractivity contribution in [1.29, 1.82) is 0 Å². The molecule has 0 spiro atoms. The maximum absolute atomic E-state index is 12.6. The molecule has 0 aliphatic rings. The van der Waals surface area contributed by atoms with Crippen molar-refractivity contribution in [2.24, 2.45) is 0 Å². The van der Waals surface area contributed by atoms with Crippen molar-refractivity contribution in [2.45, 2.75) is 0 Å². The Kier molecular flexibility index (Phi) is 6.27. The molecule has 1 heteroatoms. The summed E-state index contributed by atoms with van der Waals surface area (Å²) in [5.74, 6) is 0.0458. The van der Waals surface area contributed by atoms with Crippen molar-refractivity contribution in [3.05, 3.63) is 156 Å². The first kappa shape index (κ1) is 21.4. The maximum atomic E-state index is 12.6. The van der Waals surface area contributed by atoms with Crippen LogP contribution in [0, 0.1) is 0 Å². The fourth-order valence-corrected chi connectivity index (χ4v) is 3.97. The van der Waals surface area contributed by atoms with Gasteiger partial charge in [0.15, 0.2) is 5.78 Å². The SMILES string of the molecule is O=C(c1ccccc1)c1ccc(-c2ccc(/C=C\c3ccc(-c4ccccc4)cc3)cc2)cc1. The van der Waals surface area contributed by atoms with Gasteiger partial charge in [-0.2, -0.15) is 0 Å². The highest BCUT2D eigenvalue weighted by atomic mass is 16.1. The minimum Gasteiger partial charge on any atom is -0.289 e. The summed E-state index contributed by atoms with van der Waals surface area (Å²) in [6.07, 6.45) is 4.26. The van der Waals surface area contributed by atoms with E-state index in [4.69, 9.17) is 0 Å². The summed E-state index contributed by atoms with van der Waals surface area (Å²) in [6.45, 7) is 0. The minimum atomic E-state index is 0.0458. The van der Waals surface area contributed by atoms with Crippen molar-refractivity contribution >= 4 is 17.9 Å². The standard InChI is InChI=1S/C33H24O/c34-33(31-9-5-2-6-10-31)32-23-21-30(22-24-32)29-19-15-26(16-20-29)12-11-25-13-17-28(18-14-25)27-7-3-1-4-8-27/h1-24H/b12-11-. The highest BCUT2D eigenvalue weighted by Crippen LogP contribution is 2.23. The summed E-state index contributed by atoms with van der Waals surface area (Å²) in [5, 5.41) is 0. The van der Waals surface area contributed by atoms with Gasteiger partial charge in [-0.25, -0.2) is 0 Å². The van der Waals surface area contributed by atoms with Gasteiger partial charge in [0, 0.05) is 11.1 Å². The Morgan fingerprint density at radius 1 is 0.382 bits per heavy atom. The normalized spacial score (nSPS) is 10.9. The van der Waals surface area contributed by atoms with Gasteiger partial charge in [0.05, 0.1) is 0 Å². The van der Waals surface area contributed by atoms with Crippen LogP contribution in [0.15, 0.2) is 133 Å². The van der Waals surface area contributed by atoms with E-state index >= 15 is 0 Å². The van der Waals surface area contributed by atoms with Gasteiger partial charge in [0.1, 0.15) is 0 Å².